The monoisotopic (exact) mass is 457 g/mol. The Bertz CT molecular complexity index is 1320. The van der Waals surface area contributed by atoms with Crippen LogP contribution in [0.1, 0.15) is 39.6 Å². The first-order chi connectivity index (χ1) is 16.1. The van der Waals surface area contributed by atoms with E-state index in [9.17, 15) is 9.59 Å². The van der Waals surface area contributed by atoms with Gasteiger partial charge >= 0.3 is 0 Å². The Morgan fingerprint density at radius 3 is 2.52 bits per heavy atom. The van der Waals surface area contributed by atoms with Crippen LogP contribution in [0.2, 0.25) is 5.02 Å². The fourth-order valence-corrected chi connectivity index (χ4v) is 4.72. The van der Waals surface area contributed by atoms with Crippen LogP contribution in [0.25, 0.3) is 10.9 Å². The number of carbonyl (C=O) groups is 2. The number of aromatic amines is 1. The lowest BCUT2D eigenvalue weighted by atomic mass is 10.00. The molecule has 33 heavy (non-hydrogen) atoms. The van der Waals surface area contributed by atoms with Crippen molar-refractivity contribution in [2.24, 2.45) is 0 Å². The van der Waals surface area contributed by atoms with Gasteiger partial charge in [-0.25, -0.2) is 0 Å². The lowest BCUT2D eigenvalue weighted by Crippen LogP contribution is -2.39. The van der Waals surface area contributed by atoms with E-state index in [-0.39, 0.29) is 18.2 Å². The molecule has 1 aliphatic rings. The molecule has 0 unspecified atom stereocenters. The predicted molar refractivity (Wildman–Crippen MR) is 130 cm³/mol. The summed E-state index contributed by atoms with van der Waals surface area (Å²) in [5.74, 6) is -0.279. The molecular weight excluding hydrogens is 434 g/mol. The zero-order chi connectivity index (χ0) is 22.8. The van der Waals surface area contributed by atoms with Crippen molar-refractivity contribution in [2.75, 3.05) is 6.54 Å². The van der Waals surface area contributed by atoms with Crippen molar-refractivity contribution in [3.8, 4) is 0 Å². The first-order valence-electron chi connectivity index (χ1n) is 11.1. The molecule has 6 heteroatoms. The summed E-state index contributed by atoms with van der Waals surface area (Å²) in [7, 11) is 0. The molecule has 3 aromatic carbocycles. The first-order valence-corrected chi connectivity index (χ1v) is 11.4. The van der Waals surface area contributed by atoms with Crippen LogP contribution in [0.3, 0.4) is 0 Å². The van der Waals surface area contributed by atoms with E-state index in [4.69, 9.17) is 11.6 Å². The van der Waals surface area contributed by atoms with E-state index >= 15 is 0 Å². The summed E-state index contributed by atoms with van der Waals surface area (Å²) in [5, 5.41) is 4.58. The Balaban J connectivity index is 1.36. The van der Waals surface area contributed by atoms with Gasteiger partial charge in [0.25, 0.3) is 5.91 Å². The molecule has 0 fully saturated rings. The van der Waals surface area contributed by atoms with Crippen LogP contribution in [0, 0.1) is 0 Å². The highest BCUT2D eigenvalue weighted by molar-refractivity contribution is 6.33. The van der Waals surface area contributed by atoms with Crippen LogP contribution in [0.4, 0.5) is 0 Å². The Labute approximate surface area is 197 Å². The van der Waals surface area contributed by atoms with Gasteiger partial charge in [-0.1, -0.05) is 72.3 Å². The summed E-state index contributed by atoms with van der Waals surface area (Å²) in [6.45, 7) is 1.22. The van der Waals surface area contributed by atoms with E-state index in [0.29, 0.717) is 23.7 Å². The molecule has 2 amide bonds. The molecule has 1 aliphatic heterocycles. The third kappa shape index (κ3) is 4.37. The molecule has 0 radical (unpaired) electrons. The molecule has 0 bridgehead atoms. The van der Waals surface area contributed by atoms with Crippen molar-refractivity contribution in [1.29, 1.82) is 0 Å². The normalized spacial score (nSPS) is 14.0. The average molecular weight is 458 g/mol. The highest BCUT2D eigenvalue weighted by Gasteiger charge is 2.27. The van der Waals surface area contributed by atoms with Crippen molar-refractivity contribution < 1.29 is 9.59 Å². The molecule has 166 valence electrons. The molecule has 0 spiro atoms. The number of H-pyrrole nitrogens is 1. The van der Waals surface area contributed by atoms with Crippen molar-refractivity contribution in [1.82, 2.24) is 15.2 Å². The molecule has 1 aromatic heterocycles. The second-order valence-electron chi connectivity index (χ2n) is 8.31. The van der Waals surface area contributed by atoms with Crippen LogP contribution >= 0.6 is 11.6 Å². The van der Waals surface area contributed by atoms with Gasteiger partial charge in [0.05, 0.1) is 23.0 Å². The van der Waals surface area contributed by atoms with Crippen molar-refractivity contribution in [2.45, 2.75) is 25.4 Å². The number of fused-ring (bicyclic) bond motifs is 3. The van der Waals surface area contributed by atoms with E-state index in [0.717, 1.165) is 22.9 Å². The van der Waals surface area contributed by atoms with E-state index in [1.807, 2.05) is 47.4 Å². The highest BCUT2D eigenvalue weighted by atomic mass is 35.5. The van der Waals surface area contributed by atoms with Crippen LogP contribution in [-0.4, -0.2) is 28.2 Å². The van der Waals surface area contributed by atoms with Crippen LogP contribution < -0.4 is 5.32 Å². The number of aromatic nitrogens is 1. The maximum atomic E-state index is 13.4. The predicted octanol–water partition coefficient (Wildman–Crippen LogP) is 5.27. The van der Waals surface area contributed by atoms with Crippen molar-refractivity contribution in [3.05, 3.63) is 106 Å². The number of carbonyl (C=O) groups excluding carboxylic acids is 2. The molecule has 5 nitrogen and oxygen atoms in total. The third-order valence-corrected chi connectivity index (χ3v) is 6.57. The highest BCUT2D eigenvalue weighted by Crippen LogP contribution is 2.29. The number of hydrogen-bond donors (Lipinski definition) is 2. The second kappa shape index (κ2) is 9.12. The number of rotatable bonds is 5. The summed E-state index contributed by atoms with van der Waals surface area (Å²) in [6.07, 6.45) is 0.968. The van der Waals surface area contributed by atoms with Gasteiger partial charge in [0, 0.05) is 41.7 Å². The lowest BCUT2D eigenvalue weighted by molar-refractivity contribution is -0.132. The van der Waals surface area contributed by atoms with Gasteiger partial charge in [-0.05, 0) is 23.8 Å². The number of nitrogens with one attached hydrogen (secondary N) is 2. The standard InChI is InChI=1S/C27H24ClN3O2/c28-22-12-6-4-11-20(22)27(33)30-25(18-8-2-1-3-9-18)16-26(32)31-15-14-24-21(17-31)19-10-5-7-13-23(19)29-24/h1-13,25,29H,14-17H2,(H,30,33)/t25-/m1/s1. The maximum absolute atomic E-state index is 13.4. The fourth-order valence-electron chi connectivity index (χ4n) is 4.50. The molecule has 1 atom stereocenters. The minimum atomic E-state index is -0.452. The lowest BCUT2D eigenvalue weighted by Gasteiger charge is -2.29. The van der Waals surface area contributed by atoms with Gasteiger partial charge in [0.1, 0.15) is 0 Å². The number of hydrogen-bond acceptors (Lipinski definition) is 2. The van der Waals surface area contributed by atoms with E-state index in [1.165, 1.54) is 11.3 Å². The van der Waals surface area contributed by atoms with Gasteiger partial charge in [0.15, 0.2) is 0 Å². The Morgan fingerprint density at radius 1 is 0.970 bits per heavy atom. The number of nitrogens with zero attached hydrogens (tertiary/aromatic N) is 1. The largest absolute Gasteiger partial charge is 0.358 e. The average Bonchev–Trinajstić information content (AvgIpc) is 3.22. The summed E-state index contributed by atoms with van der Waals surface area (Å²) in [4.78, 5) is 31.7. The summed E-state index contributed by atoms with van der Waals surface area (Å²) < 4.78 is 0. The van der Waals surface area contributed by atoms with E-state index in [2.05, 4.69) is 22.4 Å². The topological polar surface area (TPSA) is 65.2 Å². The number of amides is 2. The molecular formula is C27H24ClN3O2. The van der Waals surface area contributed by atoms with Gasteiger partial charge in [-0.2, -0.15) is 0 Å². The van der Waals surface area contributed by atoms with Gasteiger partial charge in [-0.15, -0.1) is 0 Å². The zero-order valence-corrected chi connectivity index (χ0v) is 18.8. The van der Waals surface area contributed by atoms with Crippen molar-refractivity contribution >= 4 is 34.3 Å². The summed E-state index contributed by atoms with van der Waals surface area (Å²) in [6, 6.07) is 24.3. The van der Waals surface area contributed by atoms with Gasteiger partial charge < -0.3 is 15.2 Å². The number of benzene rings is 3. The number of halogens is 1. The molecule has 2 heterocycles. The molecule has 2 N–H and O–H groups in total. The fraction of sp³-hybridized carbons (Fsp3) is 0.185. The zero-order valence-electron chi connectivity index (χ0n) is 18.1. The van der Waals surface area contributed by atoms with E-state index < -0.39 is 6.04 Å². The Hall–Kier alpha value is -3.57. The van der Waals surface area contributed by atoms with Crippen LogP contribution in [0.5, 0.6) is 0 Å². The Kier molecular flexibility index (Phi) is 5.88. The maximum Gasteiger partial charge on any atom is 0.253 e. The quantitative estimate of drug-likeness (QED) is 0.429. The minimum Gasteiger partial charge on any atom is -0.358 e. The second-order valence-corrected chi connectivity index (χ2v) is 8.72. The van der Waals surface area contributed by atoms with Crippen LogP contribution in [-0.2, 0) is 17.8 Å². The van der Waals surface area contributed by atoms with E-state index in [1.54, 1.807) is 24.3 Å². The Morgan fingerprint density at radius 2 is 1.70 bits per heavy atom. The van der Waals surface area contributed by atoms with Gasteiger partial charge in [-0.3, -0.25) is 9.59 Å². The molecule has 4 aromatic rings. The molecule has 0 aliphatic carbocycles. The summed E-state index contributed by atoms with van der Waals surface area (Å²) >= 11 is 6.22. The van der Waals surface area contributed by atoms with Gasteiger partial charge in [0.2, 0.25) is 5.91 Å². The molecule has 0 saturated heterocycles. The molecule has 5 rings (SSSR count). The minimum absolute atomic E-state index is 0.0132. The molecule has 0 saturated carbocycles. The third-order valence-electron chi connectivity index (χ3n) is 6.24. The van der Waals surface area contributed by atoms with Crippen molar-refractivity contribution in [3.63, 3.8) is 0 Å². The number of para-hydroxylation sites is 1. The van der Waals surface area contributed by atoms with Crippen LogP contribution in [0.15, 0.2) is 78.9 Å². The summed E-state index contributed by atoms with van der Waals surface area (Å²) in [5.41, 5.74) is 4.77. The smallest absolute Gasteiger partial charge is 0.253 e. The SMILES string of the molecule is O=C(N[C@H](CC(=O)N1CCc2[nH]c3ccccc3c2C1)c1ccccc1)c1ccccc1Cl. The first kappa shape index (κ1) is 21.3.